The van der Waals surface area contributed by atoms with Gasteiger partial charge in [-0.3, -0.25) is 4.90 Å². The monoisotopic (exact) mass is 289 g/mol. The summed E-state index contributed by atoms with van der Waals surface area (Å²) in [6.45, 7) is 3.31. The highest BCUT2D eigenvalue weighted by atomic mass is 35.5. The molecule has 0 spiro atoms. The van der Waals surface area contributed by atoms with Crippen LogP contribution >= 0.6 is 23.7 Å². The summed E-state index contributed by atoms with van der Waals surface area (Å²) in [6, 6.07) is 0.751. The molecule has 2 N–H and O–H groups in total. The van der Waals surface area contributed by atoms with E-state index in [0.29, 0.717) is 5.13 Å². The molecular formula is C13H24ClN3S. The fourth-order valence-electron chi connectivity index (χ4n) is 2.76. The quantitative estimate of drug-likeness (QED) is 0.922. The molecule has 1 aliphatic rings. The lowest BCUT2D eigenvalue weighted by Gasteiger charge is -2.34. The fraction of sp³-hybridized carbons (Fsp3) is 0.769. The maximum atomic E-state index is 5.66. The van der Waals surface area contributed by atoms with E-state index >= 15 is 0 Å². The molecule has 104 valence electrons. The minimum atomic E-state index is 0. The van der Waals surface area contributed by atoms with Gasteiger partial charge in [0.15, 0.2) is 5.13 Å². The van der Waals surface area contributed by atoms with Crippen molar-refractivity contribution in [2.24, 2.45) is 5.92 Å². The lowest BCUT2D eigenvalue weighted by Crippen LogP contribution is -2.34. The molecule has 1 heterocycles. The smallest absolute Gasteiger partial charge is 0.180 e. The summed E-state index contributed by atoms with van der Waals surface area (Å²) in [5.41, 5.74) is 5.66. The highest BCUT2D eigenvalue weighted by molar-refractivity contribution is 7.15. The molecule has 0 radical (unpaired) electrons. The summed E-state index contributed by atoms with van der Waals surface area (Å²) >= 11 is 1.61. The number of anilines is 1. The Morgan fingerprint density at radius 2 is 2.06 bits per heavy atom. The van der Waals surface area contributed by atoms with Crippen LogP contribution in [0.1, 0.15) is 43.9 Å². The van der Waals surface area contributed by atoms with Gasteiger partial charge in [-0.2, -0.15) is 0 Å². The largest absolute Gasteiger partial charge is 0.375 e. The first-order valence-electron chi connectivity index (χ1n) is 6.59. The number of aromatic nitrogens is 1. The van der Waals surface area contributed by atoms with Crippen LogP contribution in [0.2, 0.25) is 0 Å². The first-order valence-corrected chi connectivity index (χ1v) is 7.41. The van der Waals surface area contributed by atoms with Gasteiger partial charge in [-0.1, -0.05) is 13.3 Å². The van der Waals surface area contributed by atoms with Crippen molar-refractivity contribution < 1.29 is 0 Å². The van der Waals surface area contributed by atoms with Crippen LogP contribution in [0.3, 0.4) is 0 Å². The van der Waals surface area contributed by atoms with E-state index in [1.54, 1.807) is 11.3 Å². The van der Waals surface area contributed by atoms with Gasteiger partial charge >= 0.3 is 0 Å². The van der Waals surface area contributed by atoms with Crippen molar-refractivity contribution in [3.8, 4) is 0 Å². The van der Waals surface area contributed by atoms with Crippen molar-refractivity contribution >= 4 is 28.9 Å². The highest BCUT2D eigenvalue weighted by Gasteiger charge is 2.23. The standard InChI is InChI=1S/C13H23N3S.ClH/c1-3-10-4-6-11(7-5-10)16(2)9-12-8-15-13(14)17-12;/h8,10-11H,3-7,9H2,1-2H3,(H2,14,15);1H. The maximum absolute atomic E-state index is 5.66. The van der Waals surface area contributed by atoms with Crippen LogP contribution in [0, 0.1) is 5.92 Å². The van der Waals surface area contributed by atoms with Crippen LogP contribution in [0.5, 0.6) is 0 Å². The van der Waals surface area contributed by atoms with Gasteiger partial charge < -0.3 is 5.73 Å². The van der Waals surface area contributed by atoms with E-state index in [4.69, 9.17) is 5.73 Å². The zero-order valence-corrected chi connectivity index (χ0v) is 12.9. The van der Waals surface area contributed by atoms with Crippen molar-refractivity contribution in [1.82, 2.24) is 9.88 Å². The summed E-state index contributed by atoms with van der Waals surface area (Å²) in [7, 11) is 2.23. The molecule has 0 amide bonds. The van der Waals surface area contributed by atoms with Crippen LogP contribution in [0.25, 0.3) is 0 Å². The van der Waals surface area contributed by atoms with Gasteiger partial charge in [0, 0.05) is 23.7 Å². The molecule has 0 bridgehead atoms. The van der Waals surface area contributed by atoms with E-state index in [1.165, 1.54) is 37.0 Å². The molecule has 1 aromatic rings. The first kappa shape index (κ1) is 15.7. The molecule has 2 rings (SSSR count). The average Bonchev–Trinajstić information content (AvgIpc) is 2.75. The molecule has 1 aliphatic carbocycles. The lowest BCUT2D eigenvalue weighted by atomic mass is 9.84. The number of hydrogen-bond acceptors (Lipinski definition) is 4. The number of halogens is 1. The van der Waals surface area contributed by atoms with Crippen LogP contribution in [0.4, 0.5) is 5.13 Å². The molecule has 0 atom stereocenters. The number of rotatable bonds is 4. The molecule has 0 saturated heterocycles. The molecule has 18 heavy (non-hydrogen) atoms. The second kappa shape index (κ2) is 7.31. The van der Waals surface area contributed by atoms with Crippen molar-refractivity contribution in [2.45, 2.75) is 51.6 Å². The Labute approximate surface area is 120 Å². The molecule has 5 heteroatoms. The lowest BCUT2D eigenvalue weighted by molar-refractivity contribution is 0.158. The predicted molar refractivity (Wildman–Crippen MR) is 81.3 cm³/mol. The fourth-order valence-corrected chi connectivity index (χ4v) is 3.51. The minimum Gasteiger partial charge on any atom is -0.375 e. The summed E-state index contributed by atoms with van der Waals surface area (Å²) in [4.78, 5) is 7.86. The Morgan fingerprint density at radius 3 is 2.56 bits per heavy atom. The summed E-state index contributed by atoms with van der Waals surface area (Å²) in [6.07, 6.45) is 8.76. The summed E-state index contributed by atoms with van der Waals surface area (Å²) in [5, 5.41) is 0.683. The van der Waals surface area contributed by atoms with Gasteiger partial charge in [-0.15, -0.1) is 23.7 Å². The molecule has 3 nitrogen and oxygen atoms in total. The Hall–Kier alpha value is -0.320. The zero-order valence-electron chi connectivity index (χ0n) is 11.3. The number of nitrogens with zero attached hydrogens (tertiary/aromatic N) is 2. The Balaban J connectivity index is 0.00000162. The van der Waals surface area contributed by atoms with E-state index in [0.717, 1.165) is 18.5 Å². The van der Waals surface area contributed by atoms with Gasteiger partial charge in [-0.25, -0.2) is 4.98 Å². The van der Waals surface area contributed by atoms with Crippen molar-refractivity contribution in [2.75, 3.05) is 12.8 Å². The van der Waals surface area contributed by atoms with E-state index in [9.17, 15) is 0 Å². The second-order valence-corrected chi connectivity index (χ2v) is 6.31. The Kier molecular flexibility index (Phi) is 6.39. The average molecular weight is 290 g/mol. The first-order chi connectivity index (χ1) is 8.19. The Bertz CT molecular complexity index is 348. The molecular weight excluding hydrogens is 266 g/mol. The van der Waals surface area contributed by atoms with Crippen LogP contribution in [-0.2, 0) is 6.54 Å². The van der Waals surface area contributed by atoms with Crippen LogP contribution < -0.4 is 5.73 Å². The molecule has 1 fully saturated rings. The third-order valence-electron chi connectivity index (χ3n) is 3.99. The topological polar surface area (TPSA) is 42.2 Å². The second-order valence-electron chi connectivity index (χ2n) is 5.16. The number of nitrogen functional groups attached to an aromatic ring is 1. The van der Waals surface area contributed by atoms with Gasteiger partial charge in [-0.05, 0) is 38.6 Å². The van der Waals surface area contributed by atoms with E-state index in [-0.39, 0.29) is 12.4 Å². The van der Waals surface area contributed by atoms with Gasteiger partial charge in [0.05, 0.1) is 0 Å². The van der Waals surface area contributed by atoms with Gasteiger partial charge in [0.1, 0.15) is 0 Å². The van der Waals surface area contributed by atoms with Crippen LogP contribution in [0.15, 0.2) is 6.20 Å². The molecule has 1 saturated carbocycles. The molecule has 0 aromatic carbocycles. The summed E-state index contributed by atoms with van der Waals surface area (Å²) < 4.78 is 0. The maximum Gasteiger partial charge on any atom is 0.180 e. The van der Waals surface area contributed by atoms with E-state index < -0.39 is 0 Å². The third-order valence-corrected chi connectivity index (χ3v) is 4.80. The molecule has 1 aromatic heterocycles. The van der Waals surface area contributed by atoms with Crippen molar-refractivity contribution in [3.05, 3.63) is 11.1 Å². The van der Waals surface area contributed by atoms with E-state index in [2.05, 4.69) is 23.9 Å². The molecule has 0 unspecified atom stereocenters. The number of thiazole rings is 1. The molecule has 0 aliphatic heterocycles. The predicted octanol–water partition coefficient (Wildman–Crippen LogP) is 3.55. The zero-order chi connectivity index (χ0) is 12.3. The SMILES string of the molecule is CCC1CCC(N(C)Cc2cnc(N)s2)CC1.Cl. The van der Waals surface area contributed by atoms with Crippen molar-refractivity contribution in [1.29, 1.82) is 0 Å². The normalized spacial score (nSPS) is 23.9. The third kappa shape index (κ3) is 4.11. The highest BCUT2D eigenvalue weighted by Crippen LogP contribution is 2.30. The van der Waals surface area contributed by atoms with Gasteiger partial charge in [0.25, 0.3) is 0 Å². The number of hydrogen-bond donors (Lipinski definition) is 1. The summed E-state index contributed by atoms with van der Waals surface area (Å²) in [5.74, 6) is 0.971. The minimum absolute atomic E-state index is 0. The van der Waals surface area contributed by atoms with Crippen LogP contribution in [-0.4, -0.2) is 23.0 Å². The van der Waals surface area contributed by atoms with Gasteiger partial charge in [0.2, 0.25) is 0 Å². The number of nitrogens with two attached hydrogens (primary N) is 1. The van der Waals surface area contributed by atoms with Crippen molar-refractivity contribution in [3.63, 3.8) is 0 Å². The Morgan fingerprint density at radius 1 is 1.39 bits per heavy atom. The van der Waals surface area contributed by atoms with E-state index in [1.807, 2.05) is 6.20 Å².